The molecule has 0 amide bonds. The third-order valence-corrected chi connectivity index (χ3v) is 3.38. The van der Waals surface area contributed by atoms with Crippen molar-refractivity contribution >= 4 is 27.7 Å². The van der Waals surface area contributed by atoms with Crippen LogP contribution in [0.1, 0.15) is 25.5 Å². The molecule has 4 nitrogen and oxygen atoms in total. The first kappa shape index (κ1) is 14.7. The molecule has 20 heavy (non-hydrogen) atoms. The van der Waals surface area contributed by atoms with Crippen molar-refractivity contribution in [3.8, 4) is 0 Å². The molecule has 0 saturated carbocycles. The van der Waals surface area contributed by atoms with Gasteiger partial charge in [-0.1, -0.05) is 18.2 Å². The summed E-state index contributed by atoms with van der Waals surface area (Å²) < 4.78 is 14.5. The summed E-state index contributed by atoms with van der Waals surface area (Å²) in [6.07, 6.45) is 1.67. The van der Waals surface area contributed by atoms with Crippen LogP contribution in [0.2, 0.25) is 0 Å². The van der Waals surface area contributed by atoms with Crippen molar-refractivity contribution in [1.29, 1.82) is 0 Å². The number of benzene rings is 1. The number of anilines is 2. The van der Waals surface area contributed by atoms with Gasteiger partial charge in [0, 0.05) is 18.3 Å². The molecule has 6 heteroatoms. The number of nitrogens with zero attached hydrogens (tertiary/aromatic N) is 2. The average molecular weight is 339 g/mol. The van der Waals surface area contributed by atoms with E-state index in [1.807, 2.05) is 19.9 Å². The number of nitrogens with one attached hydrogen (secondary N) is 2. The maximum Gasteiger partial charge on any atom is 0.224 e. The van der Waals surface area contributed by atoms with E-state index in [2.05, 4.69) is 36.5 Å². The van der Waals surface area contributed by atoms with E-state index in [9.17, 15) is 4.39 Å². The van der Waals surface area contributed by atoms with Crippen molar-refractivity contribution < 1.29 is 4.39 Å². The maximum atomic E-state index is 13.7. The summed E-state index contributed by atoms with van der Waals surface area (Å²) >= 11 is 3.39. The Kier molecular flexibility index (Phi) is 4.89. The second kappa shape index (κ2) is 6.65. The molecule has 1 heterocycles. The molecule has 0 spiro atoms. The van der Waals surface area contributed by atoms with Gasteiger partial charge in [-0.15, -0.1) is 0 Å². The summed E-state index contributed by atoms with van der Waals surface area (Å²) in [4.78, 5) is 8.50. The molecule has 2 aromatic rings. The van der Waals surface area contributed by atoms with Crippen LogP contribution in [-0.4, -0.2) is 16.5 Å². The Bertz CT molecular complexity index is 591. The van der Waals surface area contributed by atoms with Crippen LogP contribution in [0.25, 0.3) is 0 Å². The molecule has 0 saturated heterocycles. The SMILES string of the molecule is CCNc1ncc(Br)c(NC(C)c2ccccc2F)n1. The van der Waals surface area contributed by atoms with E-state index in [4.69, 9.17) is 0 Å². The van der Waals surface area contributed by atoms with Gasteiger partial charge in [-0.3, -0.25) is 0 Å². The highest BCUT2D eigenvalue weighted by Crippen LogP contribution is 2.26. The monoisotopic (exact) mass is 338 g/mol. The van der Waals surface area contributed by atoms with Crippen LogP contribution in [0.3, 0.4) is 0 Å². The zero-order valence-corrected chi connectivity index (χ0v) is 12.9. The largest absolute Gasteiger partial charge is 0.362 e. The molecule has 0 fully saturated rings. The fourth-order valence-electron chi connectivity index (χ4n) is 1.82. The quantitative estimate of drug-likeness (QED) is 0.865. The number of hydrogen-bond donors (Lipinski definition) is 2. The summed E-state index contributed by atoms with van der Waals surface area (Å²) in [6.45, 7) is 4.60. The Morgan fingerprint density at radius 1 is 1.35 bits per heavy atom. The lowest BCUT2D eigenvalue weighted by Crippen LogP contribution is -2.12. The zero-order valence-electron chi connectivity index (χ0n) is 11.3. The smallest absolute Gasteiger partial charge is 0.224 e. The lowest BCUT2D eigenvalue weighted by Gasteiger charge is -2.17. The second-order valence-corrected chi connectivity index (χ2v) is 5.16. The lowest BCUT2D eigenvalue weighted by atomic mass is 10.1. The molecule has 1 atom stereocenters. The van der Waals surface area contributed by atoms with Crippen LogP contribution in [0, 0.1) is 5.82 Å². The second-order valence-electron chi connectivity index (χ2n) is 4.31. The van der Waals surface area contributed by atoms with Crippen molar-refractivity contribution in [3.05, 3.63) is 46.3 Å². The summed E-state index contributed by atoms with van der Waals surface area (Å²) in [5.41, 5.74) is 0.600. The fourth-order valence-corrected chi connectivity index (χ4v) is 2.13. The minimum atomic E-state index is -0.232. The average Bonchev–Trinajstić information content (AvgIpc) is 2.43. The number of rotatable bonds is 5. The van der Waals surface area contributed by atoms with Gasteiger partial charge in [0.15, 0.2) is 0 Å². The summed E-state index contributed by atoms with van der Waals surface area (Å²) in [5.74, 6) is 0.940. The summed E-state index contributed by atoms with van der Waals surface area (Å²) in [7, 11) is 0. The van der Waals surface area contributed by atoms with Gasteiger partial charge in [-0.2, -0.15) is 4.98 Å². The number of hydrogen-bond acceptors (Lipinski definition) is 4. The molecule has 106 valence electrons. The van der Waals surface area contributed by atoms with Crippen LogP contribution in [0.15, 0.2) is 34.9 Å². The molecule has 0 radical (unpaired) electrons. The van der Waals surface area contributed by atoms with E-state index in [0.717, 1.165) is 11.0 Å². The highest BCUT2D eigenvalue weighted by atomic mass is 79.9. The van der Waals surface area contributed by atoms with Gasteiger partial charge in [0.1, 0.15) is 11.6 Å². The van der Waals surface area contributed by atoms with Gasteiger partial charge < -0.3 is 10.6 Å². The highest BCUT2D eigenvalue weighted by Gasteiger charge is 2.13. The predicted molar refractivity (Wildman–Crippen MR) is 82.3 cm³/mol. The van der Waals surface area contributed by atoms with Crippen LogP contribution >= 0.6 is 15.9 Å². The molecular weight excluding hydrogens is 323 g/mol. The van der Waals surface area contributed by atoms with Gasteiger partial charge >= 0.3 is 0 Å². The van der Waals surface area contributed by atoms with Crippen LogP contribution < -0.4 is 10.6 Å². The standard InChI is InChI=1S/C14H16BrFN4/c1-3-17-14-18-8-11(15)13(20-14)19-9(2)10-6-4-5-7-12(10)16/h4-9H,3H2,1-2H3,(H2,17,18,19,20). The van der Waals surface area contributed by atoms with Gasteiger partial charge in [0.2, 0.25) is 5.95 Å². The van der Waals surface area contributed by atoms with Crippen molar-refractivity contribution in [1.82, 2.24) is 9.97 Å². The first-order chi connectivity index (χ1) is 9.61. The Hall–Kier alpha value is -1.69. The molecule has 0 bridgehead atoms. The first-order valence-corrected chi connectivity index (χ1v) is 7.18. The molecule has 0 aliphatic heterocycles. The first-order valence-electron chi connectivity index (χ1n) is 6.39. The maximum absolute atomic E-state index is 13.7. The van der Waals surface area contributed by atoms with E-state index >= 15 is 0 Å². The van der Waals surface area contributed by atoms with Crippen LogP contribution in [-0.2, 0) is 0 Å². The Balaban J connectivity index is 2.21. The minimum absolute atomic E-state index is 0.197. The fraction of sp³-hybridized carbons (Fsp3) is 0.286. The van der Waals surface area contributed by atoms with E-state index in [-0.39, 0.29) is 11.9 Å². The van der Waals surface area contributed by atoms with Crippen molar-refractivity contribution in [2.75, 3.05) is 17.2 Å². The highest BCUT2D eigenvalue weighted by molar-refractivity contribution is 9.10. The van der Waals surface area contributed by atoms with E-state index in [1.165, 1.54) is 6.07 Å². The predicted octanol–water partition coefficient (Wildman–Crippen LogP) is 3.98. The molecule has 1 aromatic carbocycles. The van der Waals surface area contributed by atoms with Gasteiger partial charge in [0.25, 0.3) is 0 Å². The molecule has 0 aliphatic rings. The van der Waals surface area contributed by atoms with Crippen molar-refractivity contribution in [2.24, 2.45) is 0 Å². The third kappa shape index (κ3) is 3.45. The molecular formula is C14H16BrFN4. The molecule has 2 rings (SSSR count). The topological polar surface area (TPSA) is 49.8 Å². The third-order valence-electron chi connectivity index (χ3n) is 2.80. The van der Waals surface area contributed by atoms with E-state index in [1.54, 1.807) is 18.3 Å². The number of halogens is 2. The van der Waals surface area contributed by atoms with Crippen molar-refractivity contribution in [3.63, 3.8) is 0 Å². The van der Waals surface area contributed by atoms with Crippen molar-refractivity contribution in [2.45, 2.75) is 19.9 Å². The Morgan fingerprint density at radius 2 is 2.10 bits per heavy atom. The van der Waals surface area contributed by atoms with Gasteiger partial charge in [-0.25, -0.2) is 9.37 Å². The summed E-state index contributed by atoms with van der Waals surface area (Å²) in [6, 6.07) is 6.50. The minimum Gasteiger partial charge on any atom is -0.362 e. The molecule has 1 aromatic heterocycles. The Morgan fingerprint density at radius 3 is 2.80 bits per heavy atom. The molecule has 0 aliphatic carbocycles. The van der Waals surface area contributed by atoms with E-state index in [0.29, 0.717) is 17.3 Å². The van der Waals surface area contributed by atoms with Gasteiger partial charge in [-0.05, 0) is 35.8 Å². The van der Waals surface area contributed by atoms with Gasteiger partial charge in [0.05, 0.1) is 10.5 Å². The lowest BCUT2D eigenvalue weighted by molar-refractivity contribution is 0.600. The normalized spacial score (nSPS) is 12.0. The van der Waals surface area contributed by atoms with Crippen LogP contribution in [0.4, 0.5) is 16.2 Å². The van der Waals surface area contributed by atoms with Crippen LogP contribution in [0.5, 0.6) is 0 Å². The zero-order chi connectivity index (χ0) is 14.5. The molecule has 2 N–H and O–H groups in total. The molecule has 1 unspecified atom stereocenters. The summed E-state index contributed by atoms with van der Waals surface area (Å²) in [5, 5.41) is 6.23. The number of aromatic nitrogens is 2. The Labute approximate surface area is 126 Å². The van der Waals surface area contributed by atoms with E-state index < -0.39 is 0 Å².